The minimum Gasteiger partial charge on any atom is -0.445 e. The van der Waals surface area contributed by atoms with Gasteiger partial charge in [-0.05, 0) is 41.8 Å². The normalized spacial score (nSPS) is 12.2. The summed E-state index contributed by atoms with van der Waals surface area (Å²) in [5.74, 6) is -1.01. The first-order valence-corrected chi connectivity index (χ1v) is 8.70. The first kappa shape index (κ1) is 21.6. The molecule has 1 atom stereocenters. The molecule has 11 nitrogen and oxygen atoms in total. The molecule has 29 heavy (non-hydrogen) atoms. The molecule has 0 unspecified atom stereocenters. The zero-order chi connectivity index (χ0) is 21.2. The van der Waals surface area contributed by atoms with Gasteiger partial charge in [0.1, 0.15) is 17.8 Å². The van der Waals surface area contributed by atoms with Crippen LogP contribution in [0.5, 0.6) is 0 Å². The number of alkyl carbamates (subject to hydrolysis) is 1. The summed E-state index contributed by atoms with van der Waals surface area (Å²) in [6.45, 7) is 0.246. The lowest BCUT2D eigenvalue weighted by atomic mass is 10.1. The molecule has 2 aromatic rings. The number of hydrogen-bond acceptors (Lipinski definition) is 7. The zero-order valence-electron chi connectivity index (χ0n) is 15.4. The van der Waals surface area contributed by atoms with E-state index in [1.807, 2.05) is 42.5 Å². The van der Waals surface area contributed by atoms with Crippen molar-refractivity contribution in [1.82, 2.24) is 5.32 Å². The monoisotopic (exact) mass is 403 g/mol. The summed E-state index contributed by atoms with van der Waals surface area (Å²) in [5.41, 5.74) is 11.3. The van der Waals surface area contributed by atoms with Gasteiger partial charge in [0.15, 0.2) is 5.03 Å². The van der Waals surface area contributed by atoms with Crippen molar-refractivity contribution in [3.05, 3.63) is 58.1 Å². The molecule has 2 rings (SSSR count). The molecule has 0 bridgehead atoms. The van der Waals surface area contributed by atoms with Gasteiger partial charge in [0.25, 0.3) is 0 Å². The molecule has 0 aliphatic rings. The van der Waals surface area contributed by atoms with Crippen LogP contribution in [0, 0.1) is 10.1 Å². The number of rotatable bonds is 8. The van der Waals surface area contributed by atoms with Crippen molar-refractivity contribution in [3.63, 3.8) is 0 Å². The maximum Gasteiger partial charge on any atom is 0.408 e. The zero-order valence-corrected chi connectivity index (χ0v) is 15.4. The van der Waals surface area contributed by atoms with Gasteiger partial charge in [0.05, 0.1) is 0 Å². The molecule has 0 fully saturated rings. The number of fused-ring (bicyclic) bond motifs is 1. The van der Waals surface area contributed by atoms with Crippen molar-refractivity contribution in [2.24, 2.45) is 16.6 Å². The van der Waals surface area contributed by atoms with E-state index in [0.717, 1.165) is 16.3 Å². The molecule has 0 radical (unpaired) electrons. The van der Waals surface area contributed by atoms with E-state index in [-0.39, 0.29) is 19.6 Å². The van der Waals surface area contributed by atoms with Gasteiger partial charge < -0.3 is 26.3 Å². The SMILES string of the molecule is NCCC[C@H](NC(=O)OCc1ccc2ccccc2c1)C(=O)OC(N)=N[N+](=O)[O-]. The predicted molar refractivity (Wildman–Crippen MR) is 104 cm³/mol. The Morgan fingerprint density at radius 2 is 1.93 bits per heavy atom. The second kappa shape index (κ2) is 10.6. The lowest BCUT2D eigenvalue weighted by Crippen LogP contribution is -2.43. The third-order valence-corrected chi connectivity index (χ3v) is 3.84. The average molecular weight is 403 g/mol. The van der Waals surface area contributed by atoms with Gasteiger partial charge >= 0.3 is 18.1 Å². The molecule has 11 heteroatoms. The van der Waals surface area contributed by atoms with E-state index < -0.39 is 29.2 Å². The van der Waals surface area contributed by atoms with Crippen LogP contribution in [-0.2, 0) is 20.9 Å². The van der Waals surface area contributed by atoms with Crippen LogP contribution in [-0.4, -0.2) is 35.7 Å². The molecular formula is C18H21N5O6. The minimum absolute atomic E-state index is 0.0136. The molecule has 154 valence electrons. The fourth-order valence-electron chi connectivity index (χ4n) is 2.51. The largest absolute Gasteiger partial charge is 0.445 e. The van der Waals surface area contributed by atoms with Gasteiger partial charge in [-0.3, -0.25) is 0 Å². The van der Waals surface area contributed by atoms with E-state index in [9.17, 15) is 19.7 Å². The lowest BCUT2D eigenvalue weighted by Gasteiger charge is -2.16. The van der Waals surface area contributed by atoms with Crippen molar-refractivity contribution in [2.45, 2.75) is 25.5 Å². The summed E-state index contributed by atoms with van der Waals surface area (Å²) in [7, 11) is 0. The number of nitro groups is 1. The van der Waals surface area contributed by atoms with Crippen molar-refractivity contribution >= 4 is 28.9 Å². The van der Waals surface area contributed by atoms with Crippen molar-refractivity contribution in [2.75, 3.05) is 6.54 Å². The van der Waals surface area contributed by atoms with Crippen LogP contribution in [0.1, 0.15) is 18.4 Å². The highest BCUT2D eigenvalue weighted by molar-refractivity contribution is 5.90. The topological polar surface area (TPSA) is 172 Å². The fraction of sp³-hybridized carbons (Fsp3) is 0.278. The second-order valence-electron chi connectivity index (χ2n) is 5.98. The van der Waals surface area contributed by atoms with Gasteiger partial charge in [-0.1, -0.05) is 36.4 Å². The first-order valence-electron chi connectivity index (χ1n) is 8.70. The Labute approximate surface area is 165 Å². The minimum atomic E-state index is -1.15. The van der Waals surface area contributed by atoms with E-state index >= 15 is 0 Å². The summed E-state index contributed by atoms with van der Waals surface area (Å²) >= 11 is 0. The number of carbonyl (C=O) groups is 2. The number of esters is 1. The molecule has 0 saturated heterocycles. The number of nitrogens with zero attached hydrogens (tertiary/aromatic N) is 2. The molecule has 1 amide bonds. The Hall–Kier alpha value is -3.73. The van der Waals surface area contributed by atoms with Crippen LogP contribution in [0.2, 0.25) is 0 Å². The molecule has 0 heterocycles. The van der Waals surface area contributed by atoms with Crippen molar-refractivity contribution in [1.29, 1.82) is 0 Å². The smallest absolute Gasteiger partial charge is 0.408 e. The van der Waals surface area contributed by atoms with E-state index in [4.69, 9.17) is 16.2 Å². The Morgan fingerprint density at radius 3 is 2.62 bits per heavy atom. The van der Waals surface area contributed by atoms with Crippen molar-refractivity contribution < 1.29 is 24.1 Å². The predicted octanol–water partition coefficient (Wildman–Crippen LogP) is 1.22. The number of carbonyl (C=O) groups excluding carboxylic acids is 2. The number of nitrogens with two attached hydrogens (primary N) is 2. The molecule has 0 aliphatic heterocycles. The Bertz CT molecular complexity index is 917. The van der Waals surface area contributed by atoms with E-state index in [0.29, 0.717) is 6.42 Å². The van der Waals surface area contributed by atoms with Gasteiger partial charge in [-0.2, -0.15) is 0 Å². The lowest BCUT2D eigenvalue weighted by molar-refractivity contribution is -0.486. The van der Waals surface area contributed by atoms with Crippen molar-refractivity contribution in [3.8, 4) is 0 Å². The molecule has 0 saturated carbocycles. The van der Waals surface area contributed by atoms with E-state index in [2.05, 4.69) is 15.2 Å². The van der Waals surface area contributed by atoms with Gasteiger partial charge in [-0.25, -0.2) is 19.7 Å². The summed E-state index contributed by atoms with van der Waals surface area (Å²) < 4.78 is 9.72. The Kier molecular flexibility index (Phi) is 7.86. The second-order valence-corrected chi connectivity index (χ2v) is 5.98. The molecule has 5 N–H and O–H groups in total. The average Bonchev–Trinajstić information content (AvgIpc) is 2.68. The number of amidine groups is 1. The Balaban J connectivity index is 1.95. The molecule has 0 spiro atoms. The summed E-state index contributed by atoms with van der Waals surface area (Å²) in [6, 6.07) is 11.3. The molecule has 2 aromatic carbocycles. The highest BCUT2D eigenvalue weighted by Gasteiger charge is 2.24. The standard InChI is InChI=1S/C18H21N5O6/c19-9-3-6-15(16(24)29-17(20)22-23(26)27)21-18(25)28-11-12-7-8-13-4-1-2-5-14(13)10-12/h1-2,4-5,7-8,10,15H,3,6,9,11,19H2,(H2,20,22)(H,21,25)/t15-/m0/s1. The summed E-state index contributed by atoms with van der Waals surface area (Å²) in [5, 5.41) is 16.2. The summed E-state index contributed by atoms with van der Waals surface area (Å²) in [6.07, 6.45) is -0.342. The van der Waals surface area contributed by atoms with Crippen LogP contribution in [0.25, 0.3) is 10.8 Å². The third-order valence-electron chi connectivity index (χ3n) is 3.84. The molecule has 0 aliphatic carbocycles. The van der Waals surface area contributed by atoms with Crippen LogP contribution in [0.4, 0.5) is 4.79 Å². The molecule has 0 aromatic heterocycles. The maximum atomic E-state index is 12.1. The van der Waals surface area contributed by atoms with Crippen LogP contribution in [0.3, 0.4) is 0 Å². The number of ether oxygens (including phenoxy) is 2. The number of amides is 1. The van der Waals surface area contributed by atoms with E-state index in [1.165, 1.54) is 0 Å². The number of nitrogens with one attached hydrogen (secondary N) is 1. The van der Waals surface area contributed by atoms with Crippen LogP contribution in [0.15, 0.2) is 47.6 Å². The highest BCUT2D eigenvalue weighted by atomic mass is 16.7. The fourth-order valence-corrected chi connectivity index (χ4v) is 2.51. The maximum absolute atomic E-state index is 12.1. The number of hydrazone groups is 1. The Morgan fingerprint density at radius 1 is 1.21 bits per heavy atom. The quantitative estimate of drug-likeness (QED) is 0.194. The first-order chi connectivity index (χ1) is 13.9. The van der Waals surface area contributed by atoms with Gasteiger partial charge in [-0.15, -0.1) is 0 Å². The van der Waals surface area contributed by atoms with Gasteiger partial charge in [0, 0.05) is 0 Å². The van der Waals surface area contributed by atoms with Gasteiger partial charge in [0.2, 0.25) is 0 Å². The van der Waals surface area contributed by atoms with E-state index in [1.54, 1.807) is 0 Å². The highest BCUT2D eigenvalue weighted by Crippen LogP contribution is 2.16. The van der Waals surface area contributed by atoms with Crippen LogP contribution < -0.4 is 16.8 Å². The van der Waals surface area contributed by atoms with Crippen LogP contribution >= 0.6 is 0 Å². The molecular weight excluding hydrogens is 382 g/mol. The number of hydrogen-bond donors (Lipinski definition) is 3. The number of benzene rings is 2. The third kappa shape index (κ3) is 7.07. The summed E-state index contributed by atoms with van der Waals surface area (Å²) in [4.78, 5) is 34.4.